The summed E-state index contributed by atoms with van der Waals surface area (Å²) < 4.78 is 28.8. The molecule has 0 aromatic heterocycles. The predicted molar refractivity (Wildman–Crippen MR) is 53.2 cm³/mol. The Hall–Kier alpha value is 0.180. The van der Waals surface area contributed by atoms with Crippen molar-refractivity contribution in [1.29, 1.82) is 0 Å². The molecule has 0 aromatic carbocycles. The molecule has 0 bridgehead atoms. The minimum atomic E-state index is -4.52. The molecule has 0 amide bonds. The van der Waals surface area contributed by atoms with Gasteiger partial charge in [0.05, 0.1) is 13.2 Å². The summed E-state index contributed by atoms with van der Waals surface area (Å²) in [7, 11) is -8.99. The summed E-state index contributed by atoms with van der Waals surface area (Å²) in [6.45, 7) is -0.520. The van der Waals surface area contributed by atoms with Crippen LogP contribution in [0.25, 0.3) is 0 Å². The molecule has 0 heterocycles. The molecule has 0 saturated heterocycles. The van der Waals surface area contributed by atoms with Crippen molar-refractivity contribution < 1.29 is 37.8 Å². The zero-order chi connectivity index (χ0) is 12.8. The standard InChI is InChI=1S/C5H15NO8P2/c6-5(4-14-16(10,11)12)2-1-3-13-15(7,8)9/h5H,1-4,6H2,(H2,7,8,9)(H2,10,11,12). The van der Waals surface area contributed by atoms with E-state index in [9.17, 15) is 9.13 Å². The Bertz CT molecular complexity index is 284. The van der Waals surface area contributed by atoms with Crippen molar-refractivity contribution in [2.24, 2.45) is 5.73 Å². The molecule has 0 aliphatic heterocycles. The molecule has 0 aromatic rings. The molecule has 0 spiro atoms. The maximum absolute atomic E-state index is 10.3. The Morgan fingerprint density at radius 1 is 1.06 bits per heavy atom. The Kier molecular flexibility index (Phi) is 6.88. The van der Waals surface area contributed by atoms with Gasteiger partial charge in [-0.05, 0) is 12.8 Å². The molecular weight excluding hydrogens is 264 g/mol. The molecular formula is C5H15NO8P2. The number of rotatable bonds is 8. The Labute approximate surface area is 92.0 Å². The van der Waals surface area contributed by atoms with Gasteiger partial charge in [0.25, 0.3) is 0 Å². The molecule has 9 nitrogen and oxygen atoms in total. The predicted octanol–water partition coefficient (Wildman–Crippen LogP) is -0.688. The summed E-state index contributed by atoms with van der Waals surface area (Å²) in [5, 5.41) is 0. The Morgan fingerprint density at radius 3 is 2.00 bits per heavy atom. The normalized spacial score (nSPS) is 15.1. The van der Waals surface area contributed by atoms with Crippen molar-refractivity contribution in [3.63, 3.8) is 0 Å². The molecule has 0 aliphatic rings. The SMILES string of the molecule is NC(CCCOP(=O)(O)O)COP(=O)(O)O. The van der Waals surface area contributed by atoms with E-state index in [-0.39, 0.29) is 26.1 Å². The highest BCUT2D eigenvalue weighted by atomic mass is 31.2. The first-order valence-electron chi connectivity index (χ1n) is 4.26. The first-order chi connectivity index (χ1) is 7.10. The maximum atomic E-state index is 10.3. The minimum absolute atomic E-state index is 0.187. The average Bonchev–Trinajstić information content (AvgIpc) is 2.06. The van der Waals surface area contributed by atoms with Crippen LogP contribution in [0.3, 0.4) is 0 Å². The zero-order valence-corrected chi connectivity index (χ0v) is 10.1. The maximum Gasteiger partial charge on any atom is 0.469 e. The highest BCUT2D eigenvalue weighted by Gasteiger charge is 2.17. The second-order valence-electron chi connectivity index (χ2n) is 3.01. The van der Waals surface area contributed by atoms with Gasteiger partial charge in [0.15, 0.2) is 0 Å². The smallest absolute Gasteiger partial charge is 0.326 e. The van der Waals surface area contributed by atoms with Gasteiger partial charge in [-0.2, -0.15) is 0 Å². The summed E-state index contributed by atoms with van der Waals surface area (Å²) in [5.41, 5.74) is 5.41. The first kappa shape index (κ1) is 16.2. The first-order valence-corrected chi connectivity index (χ1v) is 7.32. The third-order valence-corrected chi connectivity index (χ3v) is 2.44. The molecule has 16 heavy (non-hydrogen) atoms. The topological polar surface area (TPSA) is 160 Å². The van der Waals surface area contributed by atoms with Crippen molar-refractivity contribution in [1.82, 2.24) is 0 Å². The van der Waals surface area contributed by atoms with Gasteiger partial charge in [0, 0.05) is 6.04 Å². The van der Waals surface area contributed by atoms with Gasteiger partial charge in [-0.15, -0.1) is 0 Å². The molecule has 0 fully saturated rings. The summed E-state index contributed by atoms with van der Waals surface area (Å²) in [5.74, 6) is 0. The minimum Gasteiger partial charge on any atom is -0.326 e. The van der Waals surface area contributed by atoms with E-state index >= 15 is 0 Å². The van der Waals surface area contributed by atoms with Crippen LogP contribution >= 0.6 is 15.6 Å². The van der Waals surface area contributed by atoms with E-state index in [1.54, 1.807) is 0 Å². The summed E-state index contributed by atoms with van der Waals surface area (Å²) in [6.07, 6.45) is 0.511. The van der Waals surface area contributed by atoms with E-state index in [1.807, 2.05) is 0 Å². The molecule has 0 rings (SSSR count). The number of hydrogen-bond donors (Lipinski definition) is 5. The second-order valence-corrected chi connectivity index (χ2v) is 5.49. The third-order valence-electron chi connectivity index (χ3n) is 1.44. The van der Waals surface area contributed by atoms with Gasteiger partial charge < -0.3 is 25.3 Å². The van der Waals surface area contributed by atoms with E-state index in [2.05, 4.69) is 9.05 Å². The molecule has 11 heteroatoms. The lowest BCUT2D eigenvalue weighted by atomic mass is 10.2. The Balaban J connectivity index is 3.56. The van der Waals surface area contributed by atoms with Crippen molar-refractivity contribution in [3.05, 3.63) is 0 Å². The molecule has 0 radical (unpaired) electrons. The van der Waals surface area contributed by atoms with E-state index in [0.717, 1.165) is 0 Å². The largest absolute Gasteiger partial charge is 0.469 e. The van der Waals surface area contributed by atoms with Crippen molar-refractivity contribution in [3.8, 4) is 0 Å². The summed E-state index contributed by atoms with van der Waals surface area (Å²) in [6, 6.07) is -0.631. The summed E-state index contributed by atoms with van der Waals surface area (Å²) >= 11 is 0. The van der Waals surface area contributed by atoms with Crippen LogP contribution in [0, 0.1) is 0 Å². The molecule has 98 valence electrons. The molecule has 6 N–H and O–H groups in total. The highest BCUT2D eigenvalue weighted by Crippen LogP contribution is 2.36. The van der Waals surface area contributed by atoms with Gasteiger partial charge in [-0.1, -0.05) is 0 Å². The van der Waals surface area contributed by atoms with E-state index < -0.39 is 21.7 Å². The molecule has 1 unspecified atom stereocenters. The van der Waals surface area contributed by atoms with Crippen LogP contribution in [0.2, 0.25) is 0 Å². The van der Waals surface area contributed by atoms with Crippen molar-refractivity contribution in [2.45, 2.75) is 18.9 Å². The van der Waals surface area contributed by atoms with Crippen LogP contribution in [0.5, 0.6) is 0 Å². The van der Waals surface area contributed by atoms with Crippen LogP contribution in [0.4, 0.5) is 0 Å². The van der Waals surface area contributed by atoms with Crippen LogP contribution in [-0.2, 0) is 18.2 Å². The fraction of sp³-hybridized carbons (Fsp3) is 1.00. The number of phosphoric acid groups is 2. The average molecular weight is 279 g/mol. The Morgan fingerprint density at radius 2 is 1.56 bits per heavy atom. The van der Waals surface area contributed by atoms with Crippen LogP contribution in [-0.4, -0.2) is 38.8 Å². The molecule has 1 atom stereocenters. The third kappa shape index (κ3) is 12.3. The van der Waals surface area contributed by atoms with Crippen LogP contribution in [0.15, 0.2) is 0 Å². The summed E-state index contributed by atoms with van der Waals surface area (Å²) in [4.78, 5) is 33.3. The quantitative estimate of drug-likeness (QED) is 0.286. The fourth-order valence-corrected chi connectivity index (χ4v) is 1.56. The van der Waals surface area contributed by atoms with Gasteiger partial charge in [-0.25, -0.2) is 9.13 Å². The number of nitrogens with two attached hydrogens (primary N) is 1. The second kappa shape index (κ2) is 6.80. The van der Waals surface area contributed by atoms with Gasteiger partial charge >= 0.3 is 15.6 Å². The lowest BCUT2D eigenvalue weighted by molar-refractivity contribution is 0.174. The zero-order valence-electron chi connectivity index (χ0n) is 8.30. The van der Waals surface area contributed by atoms with E-state index in [1.165, 1.54) is 0 Å². The van der Waals surface area contributed by atoms with Crippen LogP contribution in [0.1, 0.15) is 12.8 Å². The number of phosphoric ester groups is 2. The highest BCUT2D eigenvalue weighted by molar-refractivity contribution is 7.46. The van der Waals surface area contributed by atoms with Crippen LogP contribution < -0.4 is 5.73 Å². The number of hydrogen-bond acceptors (Lipinski definition) is 5. The van der Waals surface area contributed by atoms with Gasteiger partial charge in [0.2, 0.25) is 0 Å². The van der Waals surface area contributed by atoms with E-state index in [4.69, 9.17) is 25.3 Å². The molecule has 0 saturated carbocycles. The molecule has 0 aliphatic carbocycles. The van der Waals surface area contributed by atoms with Crippen molar-refractivity contribution in [2.75, 3.05) is 13.2 Å². The van der Waals surface area contributed by atoms with Gasteiger partial charge in [0.1, 0.15) is 0 Å². The fourth-order valence-electron chi connectivity index (χ4n) is 0.805. The monoisotopic (exact) mass is 279 g/mol. The lowest BCUT2D eigenvalue weighted by Crippen LogP contribution is -2.25. The van der Waals surface area contributed by atoms with Gasteiger partial charge in [-0.3, -0.25) is 9.05 Å². The van der Waals surface area contributed by atoms with E-state index in [0.29, 0.717) is 0 Å². The van der Waals surface area contributed by atoms with Crippen molar-refractivity contribution >= 4 is 15.6 Å². The lowest BCUT2D eigenvalue weighted by Gasteiger charge is -2.12.